The van der Waals surface area contributed by atoms with Crippen LogP contribution in [0.2, 0.25) is 5.02 Å². The molecular weight excluding hydrogens is 401 g/mol. The molecule has 0 aliphatic heterocycles. The SMILES string of the molecule is CCn1cc(Cl)c(C(=O)NNC(=O)CCn2nc(C(F)(F)F)cc2C2CC2)n1. The van der Waals surface area contributed by atoms with Crippen LogP contribution in [0.3, 0.4) is 0 Å². The Morgan fingerprint density at radius 2 is 2.00 bits per heavy atom. The monoisotopic (exact) mass is 418 g/mol. The number of nitrogens with one attached hydrogen (secondary N) is 2. The first kappa shape index (κ1) is 20.2. The van der Waals surface area contributed by atoms with Crippen molar-refractivity contribution >= 4 is 23.4 Å². The number of aryl methyl sites for hydroxylation is 2. The summed E-state index contributed by atoms with van der Waals surface area (Å²) in [4.78, 5) is 24.0. The second-order valence-corrected chi connectivity index (χ2v) is 6.79. The van der Waals surface area contributed by atoms with Crippen LogP contribution in [-0.4, -0.2) is 31.4 Å². The van der Waals surface area contributed by atoms with Gasteiger partial charge in [-0.3, -0.25) is 29.8 Å². The number of hydrogen-bond donors (Lipinski definition) is 2. The number of halogens is 4. The largest absolute Gasteiger partial charge is 0.435 e. The summed E-state index contributed by atoms with van der Waals surface area (Å²) in [6, 6.07) is 1.03. The summed E-state index contributed by atoms with van der Waals surface area (Å²) in [6.07, 6.45) is -1.61. The number of rotatable bonds is 6. The van der Waals surface area contributed by atoms with E-state index in [9.17, 15) is 22.8 Å². The minimum absolute atomic E-state index is 0.0329. The molecule has 2 heterocycles. The van der Waals surface area contributed by atoms with Crippen LogP contribution in [0.15, 0.2) is 12.3 Å². The van der Waals surface area contributed by atoms with Crippen molar-refractivity contribution in [3.05, 3.63) is 34.4 Å². The molecule has 1 aliphatic carbocycles. The summed E-state index contributed by atoms with van der Waals surface area (Å²) >= 11 is 5.91. The summed E-state index contributed by atoms with van der Waals surface area (Å²) in [6.45, 7) is 2.31. The van der Waals surface area contributed by atoms with Crippen molar-refractivity contribution < 1.29 is 22.8 Å². The average molecular weight is 419 g/mol. The summed E-state index contributed by atoms with van der Waals surface area (Å²) < 4.78 is 41.3. The van der Waals surface area contributed by atoms with Gasteiger partial charge in [-0.1, -0.05) is 11.6 Å². The molecule has 0 aromatic carbocycles. The van der Waals surface area contributed by atoms with Crippen molar-refractivity contribution in [2.45, 2.75) is 51.4 Å². The zero-order chi connectivity index (χ0) is 20.5. The van der Waals surface area contributed by atoms with Crippen molar-refractivity contribution in [3.8, 4) is 0 Å². The highest BCUT2D eigenvalue weighted by Gasteiger charge is 2.37. The lowest BCUT2D eigenvalue weighted by Crippen LogP contribution is -2.42. The molecule has 0 unspecified atom stereocenters. The number of carbonyl (C=O) groups excluding carboxylic acids is 2. The second-order valence-electron chi connectivity index (χ2n) is 6.38. The Bertz CT molecular complexity index is 888. The fourth-order valence-electron chi connectivity index (χ4n) is 2.63. The van der Waals surface area contributed by atoms with Crippen LogP contribution in [0.5, 0.6) is 0 Å². The maximum Gasteiger partial charge on any atom is 0.435 e. The van der Waals surface area contributed by atoms with Crippen molar-refractivity contribution in [3.63, 3.8) is 0 Å². The topological polar surface area (TPSA) is 93.8 Å². The lowest BCUT2D eigenvalue weighted by Gasteiger charge is -2.08. The molecule has 0 spiro atoms. The third-order valence-electron chi connectivity index (χ3n) is 4.22. The quantitative estimate of drug-likeness (QED) is 0.705. The molecule has 1 fully saturated rings. The average Bonchev–Trinajstić information content (AvgIpc) is 3.26. The van der Waals surface area contributed by atoms with E-state index in [4.69, 9.17) is 11.6 Å². The number of alkyl halides is 3. The number of hydrogen-bond acceptors (Lipinski definition) is 4. The molecule has 2 aromatic rings. The van der Waals surface area contributed by atoms with Crippen LogP contribution in [-0.2, 0) is 24.1 Å². The first-order valence-corrected chi connectivity index (χ1v) is 9.04. The van der Waals surface area contributed by atoms with E-state index in [2.05, 4.69) is 21.0 Å². The van der Waals surface area contributed by atoms with Gasteiger partial charge in [-0.15, -0.1) is 0 Å². The minimum Gasteiger partial charge on any atom is -0.273 e. The number of aromatic nitrogens is 4. The van der Waals surface area contributed by atoms with Crippen LogP contribution in [0.4, 0.5) is 13.2 Å². The molecule has 152 valence electrons. The van der Waals surface area contributed by atoms with Gasteiger partial charge in [0.15, 0.2) is 11.4 Å². The Balaban J connectivity index is 1.55. The second kappa shape index (κ2) is 7.82. The van der Waals surface area contributed by atoms with Gasteiger partial charge >= 0.3 is 6.18 Å². The summed E-state index contributed by atoms with van der Waals surface area (Å²) in [5.41, 5.74) is 3.85. The van der Waals surface area contributed by atoms with Gasteiger partial charge in [-0.2, -0.15) is 23.4 Å². The van der Waals surface area contributed by atoms with Crippen LogP contribution in [0.1, 0.15) is 54.0 Å². The zero-order valence-electron chi connectivity index (χ0n) is 14.9. The van der Waals surface area contributed by atoms with Gasteiger partial charge in [0.2, 0.25) is 5.91 Å². The molecule has 28 heavy (non-hydrogen) atoms. The first-order valence-electron chi connectivity index (χ1n) is 8.66. The van der Waals surface area contributed by atoms with E-state index >= 15 is 0 Å². The molecule has 8 nitrogen and oxygen atoms in total. The molecule has 0 radical (unpaired) electrons. The van der Waals surface area contributed by atoms with E-state index in [1.54, 1.807) is 0 Å². The van der Waals surface area contributed by atoms with Gasteiger partial charge in [-0.25, -0.2) is 0 Å². The molecule has 0 bridgehead atoms. The van der Waals surface area contributed by atoms with Crippen LogP contribution in [0.25, 0.3) is 0 Å². The van der Waals surface area contributed by atoms with Crippen LogP contribution < -0.4 is 10.9 Å². The maximum atomic E-state index is 12.9. The molecule has 2 N–H and O–H groups in total. The van der Waals surface area contributed by atoms with Gasteiger partial charge in [0, 0.05) is 30.8 Å². The Morgan fingerprint density at radius 1 is 1.29 bits per heavy atom. The van der Waals surface area contributed by atoms with Crippen LogP contribution >= 0.6 is 11.6 Å². The predicted molar refractivity (Wildman–Crippen MR) is 92.3 cm³/mol. The number of hydrazine groups is 1. The third kappa shape index (κ3) is 4.64. The van der Waals surface area contributed by atoms with E-state index in [0.29, 0.717) is 12.2 Å². The standard InChI is InChI=1S/C16H18ClF3N6O2/c1-2-25-8-10(17)14(24-25)15(28)22-21-13(27)5-6-26-11(9-3-4-9)7-12(23-26)16(18,19)20/h7-9H,2-6H2,1H3,(H,21,27)(H,22,28). The van der Waals surface area contributed by atoms with Gasteiger partial charge in [0.1, 0.15) is 0 Å². The molecule has 12 heteroatoms. The summed E-state index contributed by atoms with van der Waals surface area (Å²) in [5, 5.41) is 7.68. The molecular formula is C16H18ClF3N6O2. The minimum atomic E-state index is -4.54. The van der Waals surface area contributed by atoms with Gasteiger partial charge in [0.25, 0.3) is 5.91 Å². The number of carbonyl (C=O) groups is 2. The fourth-order valence-corrected chi connectivity index (χ4v) is 2.86. The first-order chi connectivity index (χ1) is 13.2. The summed E-state index contributed by atoms with van der Waals surface area (Å²) in [7, 11) is 0. The molecule has 3 rings (SSSR count). The zero-order valence-corrected chi connectivity index (χ0v) is 15.6. The van der Waals surface area contributed by atoms with Gasteiger partial charge in [-0.05, 0) is 25.8 Å². The van der Waals surface area contributed by atoms with Crippen molar-refractivity contribution in [1.82, 2.24) is 30.4 Å². The van der Waals surface area contributed by atoms with E-state index < -0.39 is 23.7 Å². The molecule has 2 aromatic heterocycles. The lowest BCUT2D eigenvalue weighted by atomic mass is 10.2. The molecule has 0 saturated heterocycles. The summed E-state index contributed by atoms with van der Waals surface area (Å²) in [5.74, 6) is -1.23. The maximum absolute atomic E-state index is 12.9. The van der Waals surface area contributed by atoms with Crippen molar-refractivity contribution in [2.24, 2.45) is 0 Å². The Hall–Kier alpha value is -2.56. The molecule has 1 aliphatic rings. The normalized spacial score (nSPS) is 14.2. The molecule has 0 atom stereocenters. The van der Waals surface area contributed by atoms with Gasteiger partial charge in [0.05, 0.1) is 11.6 Å². The van der Waals surface area contributed by atoms with Crippen LogP contribution in [0, 0.1) is 0 Å². The van der Waals surface area contributed by atoms with E-state index in [1.807, 2.05) is 6.92 Å². The Morgan fingerprint density at radius 3 is 2.57 bits per heavy atom. The Kier molecular flexibility index (Phi) is 5.64. The van der Waals surface area contributed by atoms with Crippen molar-refractivity contribution in [2.75, 3.05) is 0 Å². The predicted octanol–water partition coefficient (Wildman–Crippen LogP) is 2.50. The fraction of sp³-hybridized carbons (Fsp3) is 0.500. The number of nitrogens with zero attached hydrogens (tertiary/aromatic N) is 4. The highest BCUT2D eigenvalue weighted by molar-refractivity contribution is 6.33. The third-order valence-corrected chi connectivity index (χ3v) is 4.50. The lowest BCUT2D eigenvalue weighted by molar-refractivity contribution is -0.141. The molecule has 2 amide bonds. The van der Waals surface area contributed by atoms with E-state index in [1.165, 1.54) is 15.6 Å². The Labute approximate surface area is 163 Å². The highest BCUT2D eigenvalue weighted by atomic mass is 35.5. The van der Waals surface area contributed by atoms with Crippen molar-refractivity contribution in [1.29, 1.82) is 0 Å². The van der Waals surface area contributed by atoms with E-state index in [-0.39, 0.29) is 29.6 Å². The van der Waals surface area contributed by atoms with E-state index in [0.717, 1.165) is 18.9 Å². The molecule has 1 saturated carbocycles. The smallest absolute Gasteiger partial charge is 0.273 e. The highest BCUT2D eigenvalue weighted by Crippen LogP contribution is 2.42. The number of amides is 2. The van der Waals surface area contributed by atoms with Gasteiger partial charge < -0.3 is 0 Å².